The third-order valence-electron chi connectivity index (χ3n) is 1.61. The molecular formula is C9H11NO. The quantitative estimate of drug-likeness (QED) is 0.624. The van der Waals surface area contributed by atoms with Gasteiger partial charge in [-0.05, 0) is 19.1 Å². The lowest BCUT2D eigenvalue weighted by Gasteiger charge is -2.04. The standard InChI is InChI=1S/C9H11NO/c1-3-8-6-5-7-9(11)10(8)4-2/h3,5-7H,1,4H2,2H3. The first kappa shape index (κ1) is 7.79. The highest BCUT2D eigenvalue weighted by atomic mass is 16.1. The molecule has 2 heteroatoms. The molecule has 0 fully saturated rings. The number of pyridine rings is 1. The van der Waals surface area contributed by atoms with Crippen LogP contribution < -0.4 is 5.56 Å². The predicted molar refractivity (Wildman–Crippen MR) is 46.5 cm³/mol. The van der Waals surface area contributed by atoms with E-state index in [0.717, 1.165) is 5.69 Å². The number of aromatic nitrogens is 1. The molecule has 0 saturated heterocycles. The number of hydrogen-bond acceptors (Lipinski definition) is 1. The third-order valence-corrected chi connectivity index (χ3v) is 1.61. The van der Waals surface area contributed by atoms with E-state index in [-0.39, 0.29) is 5.56 Å². The van der Waals surface area contributed by atoms with Gasteiger partial charge in [-0.15, -0.1) is 0 Å². The van der Waals surface area contributed by atoms with Crippen LogP contribution in [-0.2, 0) is 6.54 Å². The molecule has 0 saturated carbocycles. The minimum atomic E-state index is 0.0323. The van der Waals surface area contributed by atoms with Gasteiger partial charge in [-0.3, -0.25) is 4.79 Å². The largest absolute Gasteiger partial charge is 0.309 e. The summed E-state index contributed by atoms with van der Waals surface area (Å²) in [5.74, 6) is 0. The number of nitrogens with zero attached hydrogens (tertiary/aromatic N) is 1. The first-order valence-electron chi connectivity index (χ1n) is 3.62. The molecule has 0 aliphatic rings. The van der Waals surface area contributed by atoms with E-state index in [1.54, 1.807) is 22.8 Å². The van der Waals surface area contributed by atoms with Gasteiger partial charge in [-0.25, -0.2) is 0 Å². The minimum Gasteiger partial charge on any atom is -0.309 e. The predicted octanol–water partition coefficient (Wildman–Crippen LogP) is 1.51. The highest BCUT2D eigenvalue weighted by molar-refractivity contribution is 5.41. The van der Waals surface area contributed by atoms with Crippen molar-refractivity contribution >= 4 is 6.08 Å². The van der Waals surface area contributed by atoms with Crippen LogP contribution in [0.2, 0.25) is 0 Å². The van der Waals surface area contributed by atoms with Gasteiger partial charge in [0.25, 0.3) is 5.56 Å². The van der Waals surface area contributed by atoms with Crippen LogP contribution in [0, 0.1) is 0 Å². The Balaban J connectivity index is 3.36. The molecule has 0 radical (unpaired) electrons. The summed E-state index contributed by atoms with van der Waals surface area (Å²) >= 11 is 0. The van der Waals surface area contributed by atoms with E-state index in [4.69, 9.17) is 0 Å². The van der Waals surface area contributed by atoms with Gasteiger partial charge in [-0.2, -0.15) is 0 Å². The van der Waals surface area contributed by atoms with Crippen LogP contribution >= 0.6 is 0 Å². The molecule has 0 N–H and O–H groups in total. The molecule has 0 atom stereocenters. The topological polar surface area (TPSA) is 22.0 Å². The van der Waals surface area contributed by atoms with Crippen molar-refractivity contribution in [1.29, 1.82) is 0 Å². The van der Waals surface area contributed by atoms with Gasteiger partial charge < -0.3 is 4.57 Å². The van der Waals surface area contributed by atoms with Crippen LogP contribution in [0.5, 0.6) is 0 Å². The zero-order chi connectivity index (χ0) is 8.27. The average molecular weight is 149 g/mol. The molecule has 58 valence electrons. The normalized spacial score (nSPS) is 9.55. The summed E-state index contributed by atoms with van der Waals surface area (Å²) in [5.41, 5.74) is 0.907. The zero-order valence-corrected chi connectivity index (χ0v) is 6.58. The van der Waals surface area contributed by atoms with Gasteiger partial charge in [0.15, 0.2) is 0 Å². The fourth-order valence-corrected chi connectivity index (χ4v) is 1.05. The molecule has 0 aliphatic heterocycles. The molecule has 1 rings (SSSR count). The Morgan fingerprint density at radius 2 is 2.36 bits per heavy atom. The summed E-state index contributed by atoms with van der Waals surface area (Å²) in [6.07, 6.45) is 1.69. The van der Waals surface area contributed by atoms with E-state index < -0.39 is 0 Å². The summed E-state index contributed by atoms with van der Waals surface area (Å²) in [6.45, 7) is 6.26. The van der Waals surface area contributed by atoms with Gasteiger partial charge in [0.05, 0.1) is 0 Å². The SMILES string of the molecule is C=Cc1cccc(=O)n1CC. The molecule has 0 unspecified atom stereocenters. The first-order valence-corrected chi connectivity index (χ1v) is 3.62. The van der Waals surface area contributed by atoms with Crippen molar-refractivity contribution in [2.24, 2.45) is 0 Å². The molecule has 0 amide bonds. The van der Waals surface area contributed by atoms with Crippen molar-refractivity contribution in [1.82, 2.24) is 4.57 Å². The monoisotopic (exact) mass is 149 g/mol. The lowest BCUT2D eigenvalue weighted by Crippen LogP contribution is -2.19. The number of hydrogen-bond donors (Lipinski definition) is 0. The van der Waals surface area contributed by atoms with Gasteiger partial charge in [0, 0.05) is 18.3 Å². The van der Waals surface area contributed by atoms with Gasteiger partial charge in [0.1, 0.15) is 0 Å². The molecule has 0 spiro atoms. The Morgan fingerprint density at radius 1 is 1.64 bits per heavy atom. The van der Waals surface area contributed by atoms with Crippen LogP contribution in [0.25, 0.3) is 6.08 Å². The van der Waals surface area contributed by atoms with Crippen LogP contribution in [0.1, 0.15) is 12.6 Å². The van der Waals surface area contributed by atoms with Crippen LogP contribution in [-0.4, -0.2) is 4.57 Å². The van der Waals surface area contributed by atoms with Gasteiger partial charge in [0.2, 0.25) is 0 Å². The summed E-state index contributed by atoms with van der Waals surface area (Å²) < 4.78 is 1.67. The Labute approximate surface area is 65.8 Å². The Bertz CT molecular complexity index is 312. The summed E-state index contributed by atoms with van der Waals surface area (Å²) in [4.78, 5) is 11.1. The van der Waals surface area contributed by atoms with E-state index in [1.165, 1.54) is 0 Å². The molecule has 0 aliphatic carbocycles. The maximum atomic E-state index is 11.1. The molecule has 1 aromatic heterocycles. The van der Waals surface area contributed by atoms with Crippen molar-refractivity contribution in [3.8, 4) is 0 Å². The fraction of sp³-hybridized carbons (Fsp3) is 0.222. The summed E-state index contributed by atoms with van der Waals surface area (Å²) in [5, 5.41) is 0. The summed E-state index contributed by atoms with van der Waals surface area (Å²) in [7, 11) is 0. The lowest BCUT2D eigenvalue weighted by molar-refractivity contribution is 0.719. The molecule has 1 aromatic rings. The number of rotatable bonds is 2. The van der Waals surface area contributed by atoms with Crippen molar-refractivity contribution in [2.75, 3.05) is 0 Å². The highest BCUT2D eigenvalue weighted by Crippen LogP contribution is 1.96. The van der Waals surface area contributed by atoms with Crippen LogP contribution in [0.4, 0.5) is 0 Å². The van der Waals surface area contributed by atoms with E-state index >= 15 is 0 Å². The third kappa shape index (κ3) is 1.40. The fourth-order valence-electron chi connectivity index (χ4n) is 1.05. The molecule has 11 heavy (non-hydrogen) atoms. The Hall–Kier alpha value is -1.31. The van der Waals surface area contributed by atoms with E-state index in [9.17, 15) is 4.79 Å². The molecule has 0 aromatic carbocycles. The minimum absolute atomic E-state index is 0.0323. The maximum absolute atomic E-state index is 11.1. The van der Waals surface area contributed by atoms with Crippen LogP contribution in [0.15, 0.2) is 29.6 Å². The smallest absolute Gasteiger partial charge is 0.250 e. The first-order chi connectivity index (χ1) is 5.29. The molecule has 2 nitrogen and oxygen atoms in total. The van der Waals surface area contributed by atoms with Gasteiger partial charge >= 0.3 is 0 Å². The lowest BCUT2D eigenvalue weighted by atomic mass is 10.3. The summed E-state index contributed by atoms with van der Waals surface area (Å²) in [6, 6.07) is 5.17. The highest BCUT2D eigenvalue weighted by Gasteiger charge is 1.94. The van der Waals surface area contributed by atoms with Crippen molar-refractivity contribution in [3.05, 3.63) is 40.8 Å². The van der Waals surface area contributed by atoms with E-state index in [2.05, 4.69) is 6.58 Å². The van der Waals surface area contributed by atoms with Gasteiger partial charge in [-0.1, -0.05) is 12.6 Å². The second kappa shape index (κ2) is 3.19. The maximum Gasteiger partial charge on any atom is 0.250 e. The van der Waals surface area contributed by atoms with E-state index in [0.29, 0.717) is 6.54 Å². The van der Waals surface area contributed by atoms with Crippen molar-refractivity contribution in [3.63, 3.8) is 0 Å². The molecular weight excluding hydrogens is 138 g/mol. The van der Waals surface area contributed by atoms with Crippen LogP contribution in [0.3, 0.4) is 0 Å². The Kier molecular flexibility index (Phi) is 2.26. The molecule has 1 heterocycles. The molecule has 0 bridgehead atoms. The Morgan fingerprint density at radius 3 is 2.82 bits per heavy atom. The van der Waals surface area contributed by atoms with Crippen molar-refractivity contribution < 1.29 is 0 Å². The second-order valence-electron chi connectivity index (χ2n) is 2.24. The second-order valence-corrected chi connectivity index (χ2v) is 2.24. The average Bonchev–Trinajstić information content (AvgIpc) is 2.04. The van der Waals surface area contributed by atoms with Crippen molar-refractivity contribution in [2.45, 2.75) is 13.5 Å². The van der Waals surface area contributed by atoms with E-state index in [1.807, 2.05) is 13.0 Å². The zero-order valence-electron chi connectivity index (χ0n) is 6.58.